The number of ketones is 1. The van der Waals surface area contributed by atoms with Gasteiger partial charge in [-0.2, -0.15) is 13.2 Å². The molecule has 30 heavy (non-hydrogen) atoms. The van der Waals surface area contributed by atoms with Gasteiger partial charge in [-0.25, -0.2) is 8.42 Å². The predicted molar refractivity (Wildman–Crippen MR) is 104 cm³/mol. The number of carbonyl (C=O) groups excluding carboxylic acids is 2. The first-order chi connectivity index (χ1) is 13.6. The Morgan fingerprint density at radius 1 is 1.07 bits per heavy atom. The quantitative estimate of drug-likeness (QED) is 0.565. The number of aliphatic hydroxyl groups is 1. The van der Waals surface area contributed by atoms with Crippen LogP contribution in [0.25, 0.3) is 0 Å². The van der Waals surface area contributed by atoms with E-state index in [0.29, 0.717) is 5.56 Å². The summed E-state index contributed by atoms with van der Waals surface area (Å²) < 4.78 is 65.4. The largest absolute Gasteiger partial charge is 0.426 e. The van der Waals surface area contributed by atoms with Gasteiger partial charge in [-0.3, -0.25) is 14.3 Å². The fourth-order valence-corrected chi connectivity index (χ4v) is 3.50. The normalized spacial score (nSPS) is 14.0. The molecule has 0 aromatic heterocycles. The van der Waals surface area contributed by atoms with Gasteiger partial charge in [0, 0.05) is 11.3 Å². The van der Waals surface area contributed by atoms with E-state index in [9.17, 15) is 36.3 Å². The average molecular weight is 465 g/mol. The molecule has 2 rings (SSSR count). The number of hydrogen-bond donors (Lipinski definition) is 3. The number of benzene rings is 2. The molecule has 162 valence electrons. The van der Waals surface area contributed by atoms with Crippen LogP contribution in [0.2, 0.25) is 5.02 Å². The van der Waals surface area contributed by atoms with Gasteiger partial charge in [-0.1, -0.05) is 11.6 Å². The maximum Gasteiger partial charge on any atom is 0.426 e. The molecule has 1 atom stereocenters. The third kappa shape index (κ3) is 5.10. The molecule has 2 aromatic carbocycles. The summed E-state index contributed by atoms with van der Waals surface area (Å²) >= 11 is 5.90. The van der Waals surface area contributed by atoms with Gasteiger partial charge in [-0.05, 0) is 56.3 Å². The summed E-state index contributed by atoms with van der Waals surface area (Å²) in [6, 6.07) is 8.53. The Labute approximate surface area is 174 Å². The van der Waals surface area contributed by atoms with E-state index in [1.165, 1.54) is 31.2 Å². The number of amides is 1. The molecule has 1 amide bonds. The van der Waals surface area contributed by atoms with Crippen molar-refractivity contribution in [3.63, 3.8) is 0 Å². The van der Waals surface area contributed by atoms with Crippen LogP contribution in [0.4, 0.5) is 24.5 Å². The van der Waals surface area contributed by atoms with Crippen molar-refractivity contribution in [1.82, 2.24) is 0 Å². The van der Waals surface area contributed by atoms with E-state index in [1.54, 1.807) is 0 Å². The minimum absolute atomic E-state index is 0.162. The smallest absolute Gasteiger partial charge is 0.373 e. The second-order valence-corrected chi connectivity index (χ2v) is 8.49. The second kappa shape index (κ2) is 8.25. The van der Waals surface area contributed by atoms with Crippen molar-refractivity contribution < 1.29 is 36.3 Å². The van der Waals surface area contributed by atoms with Crippen LogP contribution in [0.5, 0.6) is 0 Å². The molecular formula is C18H16ClF3N2O5S. The molecule has 3 N–H and O–H groups in total. The van der Waals surface area contributed by atoms with Gasteiger partial charge in [0.2, 0.25) is 5.60 Å². The van der Waals surface area contributed by atoms with Crippen LogP contribution in [0.15, 0.2) is 47.4 Å². The molecule has 0 fully saturated rings. The molecule has 2 aromatic rings. The van der Waals surface area contributed by atoms with Gasteiger partial charge in [0.25, 0.3) is 15.9 Å². The fraction of sp³-hybridized carbons (Fsp3) is 0.222. The van der Waals surface area contributed by atoms with E-state index in [4.69, 9.17) is 11.6 Å². The summed E-state index contributed by atoms with van der Waals surface area (Å²) in [5, 5.41) is 10.8. The van der Waals surface area contributed by atoms with E-state index in [2.05, 4.69) is 4.72 Å². The van der Waals surface area contributed by atoms with Crippen LogP contribution < -0.4 is 10.0 Å². The van der Waals surface area contributed by atoms with E-state index < -0.39 is 27.7 Å². The first-order valence-corrected chi connectivity index (χ1v) is 10.0. The molecule has 0 aliphatic heterocycles. The van der Waals surface area contributed by atoms with Gasteiger partial charge >= 0.3 is 6.18 Å². The Hall–Kier alpha value is -2.63. The molecule has 7 nitrogen and oxygen atoms in total. The van der Waals surface area contributed by atoms with Crippen LogP contribution in [0.3, 0.4) is 0 Å². The molecular weight excluding hydrogens is 449 g/mol. The molecule has 0 saturated carbocycles. The van der Waals surface area contributed by atoms with Crippen LogP contribution in [-0.4, -0.2) is 37.0 Å². The maximum absolute atomic E-state index is 12.7. The predicted octanol–water partition coefficient (Wildman–Crippen LogP) is 3.60. The first-order valence-electron chi connectivity index (χ1n) is 8.19. The number of rotatable bonds is 6. The summed E-state index contributed by atoms with van der Waals surface area (Å²) in [5.74, 6) is -1.98. The van der Waals surface area contributed by atoms with Crippen LogP contribution in [0, 0.1) is 0 Å². The minimum atomic E-state index is -5.23. The summed E-state index contributed by atoms with van der Waals surface area (Å²) in [4.78, 5) is 22.7. The monoisotopic (exact) mass is 464 g/mol. The molecule has 0 saturated heterocycles. The molecule has 0 heterocycles. The van der Waals surface area contributed by atoms with Crippen molar-refractivity contribution in [2.45, 2.75) is 30.5 Å². The molecule has 0 bridgehead atoms. The summed E-state index contributed by atoms with van der Waals surface area (Å²) in [6.45, 7) is 1.63. The standard InChI is InChI=1S/C18H16ClF3N2O5S/c1-10(25)11-3-5-12(6-4-11)24-30(28,29)13-7-8-15(14(19)9-13)23-16(26)17(2,27)18(20,21)22/h3-9,24,27H,1-2H3,(H,23,26). The van der Waals surface area contributed by atoms with Crippen molar-refractivity contribution in [1.29, 1.82) is 0 Å². The number of alkyl halides is 3. The van der Waals surface area contributed by atoms with Crippen molar-refractivity contribution in [2.75, 3.05) is 10.0 Å². The van der Waals surface area contributed by atoms with E-state index in [1.807, 2.05) is 5.32 Å². The zero-order chi connectivity index (χ0) is 22.9. The molecule has 0 aliphatic carbocycles. The van der Waals surface area contributed by atoms with Gasteiger partial charge < -0.3 is 10.4 Å². The highest BCUT2D eigenvalue weighted by atomic mass is 35.5. The maximum atomic E-state index is 12.7. The fourth-order valence-electron chi connectivity index (χ4n) is 2.12. The topological polar surface area (TPSA) is 113 Å². The second-order valence-electron chi connectivity index (χ2n) is 6.40. The lowest BCUT2D eigenvalue weighted by Crippen LogP contribution is -2.52. The van der Waals surface area contributed by atoms with Gasteiger partial charge in [0.1, 0.15) is 0 Å². The van der Waals surface area contributed by atoms with Gasteiger partial charge in [0.05, 0.1) is 15.6 Å². The van der Waals surface area contributed by atoms with Crippen molar-refractivity contribution in [2.24, 2.45) is 0 Å². The van der Waals surface area contributed by atoms with E-state index >= 15 is 0 Å². The summed E-state index contributed by atoms with van der Waals surface area (Å²) in [6.07, 6.45) is -5.23. The Morgan fingerprint density at radius 2 is 1.63 bits per heavy atom. The number of hydrogen-bond acceptors (Lipinski definition) is 5. The average Bonchev–Trinajstić information content (AvgIpc) is 2.62. The van der Waals surface area contributed by atoms with Crippen LogP contribution in [-0.2, 0) is 14.8 Å². The molecule has 1 unspecified atom stereocenters. The Balaban J connectivity index is 2.23. The summed E-state index contributed by atoms with van der Waals surface area (Å²) in [7, 11) is -4.13. The Kier molecular flexibility index (Phi) is 6.50. The van der Waals surface area contributed by atoms with Crippen molar-refractivity contribution in [3.8, 4) is 0 Å². The summed E-state index contributed by atoms with van der Waals surface area (Å²) in [5.41, 5.74) is -3.45. The van der Waals surface area contributed by atoms with E-state index in [-0.39, 0.29) is 34.0 Å². The number of Topliss-reactive ketones (excluding diaryl/α,β-unsaturated/α-hetero) is 1. The molecule has 0 aliphatic rings. The minimum Gasteiger partial charge on any atom is -0.373 e. The lowest BCUT2D eigenvalue weighted by atomic mass is 10.1. The van der Waals surface area contributed by atoms with Gasteiger partial charge in [0.15, 0.2) is 5.78 Å². The Bertz CT molecular complexity index is 1080. The number of sulfonamides is 1. The van der Waals surface area contributed by atoms with Crippen LogP contribution in [0.1, 0.15) is 24.2 Å². The van der Waals surface area contributed by atoms with Crippen molar-refractivity contribution in [3.05, 3.63) is 53.1 Å². The number of anilines is 2. The zero-order valence-corrected chi connectivity index (χ0v) is 17.1. The molecule has 0 spiro atoms. The third-order valence-electron chi connectivity index (χ3n) is 4.04. The van der Waals surface area contributed by atoms with E-state index in [0.717, 1.165) is 18.2 Å². The Morgan fingerprint density at radius 3 is 2.10 bits per heavy atom. The lowest BCUT2D eigenvalue weighted by molar-refractivity contribution is -0.242. The highest BCUT2D eigenvalue weighted by molar-refractivity contribution is 7.92. The molecule has 0 radical (unpaired) electrons. The number of nitrogens with one attached hydrogen (secondary N) is 2. The van der Waals surface area contributed by atoms with Crippen molar-refractivity contribution >= 4 is 44.7 Å². The highest BCUT2D eigenvalue weighted by Gasteiger charge is 2.55. The molecule has 12 heteroatoms. The van der Waals surface area contributed by atoms with Crippen LogP contribution >= 0.6 is 11.6 Å². The zero-order valence-electron chi connectivity index (χ0n) is 15.5. The van der Waals surface area contributed by atoms with Gasteiger partial charge in [-0.15, -0.1) is 0 Å². The number of carbonyl (C=O) groups is 2. The SMILES string of the molecule is CC(=O)c1ccc(NS(=O)(=O)c2ccc(NC(=O)C(C)(O)C(F)(F)F)c(Cl)c2)cc1. The highest BCUT2D eigenvalue weighted by Crippen LogP contribution is 2.33. The number of halogens is 4. The first kappa shape index (κ1) is 23.6. The third-order valence-corrected chi connectivity index (χ3v) is 5.73. The lowest BCUT2D eigenvalue weighted by Gasteiger charge is -2.25.